The number of alkyl halides is 3. The van der Waals surface area contributed by atoms with Gasteiger partial charge in [0.2, 0.25) is 10.0 Å². The van der Waals surface area contributed by atoms with E-state index in [4.69, 9.17) is 11.6 Å². The first-order chi connectivity index (χ1) is 10.6. The third-order valence-electron chi connectivity index (χ3n) is 3.71. The van der Waals surface area contributed by atoms with Crippen molar-refractivity contribution in [1.82, 2.24) is 9.62 Å². The fraction of sp³-hybridized carbons (Fsp3) is 0.571. The number of benzene rings is 1. The van der Waals surface area contributed by atoms with Gasteiger partial charge < -0.3 is 0 Å². The summed E-state index contributed by atoms with van der Waals surface area (Å²) in [5, 5.41) is 0.127. The summed E-state index contributed by atoms with van der Waals surface area (Å²) in [4.78, 5) is 1.27. The molecule has 9 heteroatoms. The van der Waals surface area contributed by atoms with Crippen molar-refractivity contribution in [3.63, 3.8) is 0 Å². The molecule has 1 atom stereocenters. The lowest BCUT2D eigenvalue weighted by Crippen LogP contribution is -2.34. The van der Waals surface area contributed by atoms with E-state index in [-0.39, 0.29) is 28.9 Å². The molecule has 0 bridgehead atoms. The Morgan fingerprint density at radius 3 is 2.70 bits per heavy atom. The van der Waals surface area contributed by atoms with E-state index in [9.17, 15) is 21.6 Å². The van der Waals surface area contributed by atoms with Gasteiger partial charge in [0.1, 0.15) is 4.90 Å². The van der Waals surface area contributed by atoms with E-state index in [2.05, 4.69) is 4.72 Å². The summed E-state index contributed by atoms with van der Waals surface area (Å²) >= 11 is 5.95. The standard InChI is InChI=1S/C14H18ClF3N2O2S/c1-10-2-3-13(12(15)6-10)23(21,22)19-7-11-4-5-20(8-11)9-14(16,17)18/h2-3,6,11,19H,4-5,7-9H2,1H3/t11-/m1/s1. The van der Waals surface area contributed by atoms with E-state index in [1.165, 1.54) is 11.0 Å². The summed E-state index contributed by atoms with van der Waals surface area (Å²) < 4.78 is 63.9. The molecule has 0 spiro atoms. The lowest BCUT2D eigenvalue weighted by atomic mass is 10.1. The molecule has 0 aliphatic carbocycles. The highest BCUT2D eigenvalue weighted by molar-refractivity contribution is 7.89. The Morgan fingerprint density at radius 2 is 2.09 bits per heavy atom. The average molecular weight is 371 g/mol. The van der Waals surface area contributed by atoms with E-state index in [1.54, 1.807) is 19.1 Å². The lowest BCUT2D eigenvalue weighted by Gasteiger charge is -2.18. The molecule has 0 unspecified atom stereocenters. The molecule has 23 heavy (non-hydrogen) atoms. The molecule has 2 rings (SSSR count). The molecular formula is C14H18ClF3N2O2S. The molecule has 1 aromatic rings. The molecule has 0 radical (unpaired) electrons. The molecule has 0 aromatic heterocycles. The van der Waals surface area contributed by atoms with Crippen LogP contribution in [-0.4, -0.2) is 45.7 Å². The molecule has 1 heterocycles. The van der Waals surface area contributed by atoms with Crippen LogP contribution >= 0.6 is 11.6 Å². The summed E-state index contributed by atoms with van der Waals surface area (Å²) in [6.45, 7) is 1.48. The summed E-state index contributed by atoms with van der Waals surface area (Å²) in [5.74, 6) is -0.142. The molecule has 1 aliphatic rings. The van der Waals surface area contributed by atoms with Crippen molar-refractivity contribution in [2.45, 2.75) is 24.4 Å². The highest BCUT2D eigenvalue weighted by Crippen LogP contribution is 2.24. The van der Waals surface area contributed by atoms with Gasteiger partial charge in [-0.3, -0.25) is 4.90 Å². The number of rotatable bonds is 5. The Bertz CT molecular complexity index is 664. The van der Waals surface area contributed by atoms with Crippen LogP contribution in [0.4, 0.5) is 13.2 Å². The van der Waals surface area contributed by atoms with Gasteiger partial charge in [0.05, 0.1) is 11.6 Å². The molecule has 1 fully saturated rings. The van der Waals surface area contributed by atoms with E-state index >= 15 is 0 Å². The second-order valence-electron chi connectivity index (χ2n) is 5.79. The Labute approximate surface area is 138 Å². The second kappa shape index (κ2) is 6.96. The van der Waals surface area contributed by atoms with Gasteiger partial charge in [-0.2, -0.15) is 13.2 Å². The fourth-order valence-electron chi connectivity index (χ4n) is 2.61. The first-order valence-electron chi connectivity index (χ1n) is 7.12. The Morgan fingerprint density at radius 1 is 1.39 bits per heavy atom. The largest absolute Gasteiger partial charge is 0.401 e. The molecule has 4 nitrogen and oxygen atoms in total. The van der Waals surface area contributed by atoms with E-state index < -0.39 is 22.7 Å². The Hall–Kier alpha value is -0.830. The van der Waals surface area contributed by atoms with Crippen molar-refractivity contribution in [2.24, 2.45) is 5.92 Å². The van der Waals surface area contributed by atoms with E-state index in [1.807, 2.05) is 0 Å². The summed E-state index contributed by atoms with van der Waals surface area (Å²) in [5.41, 5.74) is 0.840. The molecule has 0 amide bonds. The van der Waals surface area contributed by atoms with Crippen molar-refractivity contribution >= 4 is 21.6 Å². The predicted octanol–water partition coefficient (Wildman–Crippen LogP) is 2.81. The topological polar surface area (TPSA) is 49.4 Å². The first-order valence-corrected chi connectivity index (χ1v) is 8.98. The van der Waals surface area contributed by atoms with Gasteiger partial charge in [0.25, 0.3) is 0 Å². The maximum atomic E-state index is 12.3. The maximum absolute atomic E-state index is 12.3. The maximum Gasteiger partial charge on any atom is 0.401 e. The van der Waals surface area contributed by atoms with Crippen molar-refractivity contribution in [3.05, 3.63) is 28.8 Å². The highest BCUT2D eigenvalue weighted by atomic mass is 35.5. The first kappa shape index (κ1) is 18.5. The van der Waals surface area contributed by atoms with Crippen LogP contribution in [0.25, 0.3) is 0 Å². The van der Waals surface area contributed by atoms with Crippen molar-refractivity contribution < 1.29 is 21.6 Å². The summed E-state index contributed by atoms with van der Waals surface area (Å²) in [7, 11) is -3.77. The minimum Gasteiger partial charge on any atom is -0.295 e. The molecule has 1 aromatic carbocycles. The third kappa shape index (κ3) is 5.34. The Kier molecular flexibility index (Phi) is 5.60. The number of hydrogen-bond donors (Lipinski definition) is 1. The minimum absolute atomic E-state index is 0.0186. The van der Waals surface area contributed by atoms with Gasteiger partial charge in [-0.15, -0.1) is 0 Å². The van der Waals surface area contributed by atoms with E-state index in [0.29, 0.717) is 13.0 Å². The number of likely N-dealkylation sites (tertiary alicyclic amines) is 1. The number of aryl methyl sites for hydroxylation is 1. The number of nitrogens with one attached hydrogen (secondary N) is 1. The number of hydrogen-bond acceptors (Lipinski definition) is 3. The molecule has 1 saturated heterocycles. The number of halogens is 4. The van der Waals surface area contributed by atoms with Gasteiger partial charge in [0.15, 0.2) is 0 Å². The fourth-order valence-corrected chi connectivity index (χ4v) is 4.32. The zero-order chi connectivity index (χ0) is 17.3. The molecular weight excluding hydrogens is 353 g/mol. The summed E-state index contributed by atoms with van der Waals surface area (Å²) in [6, 6.07) is 4.61. The Balaban J connectivity index is 1.93. The SMILES string of the molecule is Cc1ccc(S(=O)(=O)NC[C@H]2CCN(CC(F)(F)F)C2)c(Cl)c1. The highest BCUT2D eigenvalue weighted by Gasteiger charge is 2.34. The van der Waals surface area contributed by atoms with Crippen molar-refractivity contribution in [2.75, 3.05) is 26.2 Å². The van der Waals surface area contributed by atoms with Gasteiger partial charge >= 0.3 is 6.18 Å². The van der Waals surface area contributed by atoms with Crippen LogP contribution in [0.5, 0.6) is 0 Å². The molecule has 0 saturated carbocycles. The quantitative estimate of drug-likeness (QED) is 0.867. The average Bonchev–Trinajstić information content (AvgIpc) is 2.81. The smallest absolute Gasteiger partial charge is 0.295 e. The predicted molar refractivity (Wildman–Crippen MR) is 82.0 cm³/mol. The van der Waals surface area contributed by atoms with Crippen LogP contribution in [0.15, 0.2) is 23.1 Å². The van der Waals surface area contributed by atoms with Gasteiger partial charge in [-0.05, 0) is 43.5 Å². The minimum atomic E-state index is -4.23. The lowest BCUT2D eigenvalue weighted by molar-refractivity contribution is -0.143. The van der Waals surface area contributed by atoms with Crippen LogP contribution in [0.3, 0.4) is 0 Å². The van der Waals surface area contributed by atoms with Crippen LogP contribution in [0.1, 0.15) is 12.0 Å². The van der Waals surface area contributed by atoms with Crippen LogP contribution in [-0.2, 0) is 10.0 Å². The summed E-state index contributed by atoms with van der Waals surface area (Å²) in [6.07, 6.45) is -3.70. The van der Waals surface area contributed by atoms with Gasteiger partial charge in [-0.1, -0.05) is 17.7 Å². The second-order valence-corrected chi connectivity index (χ2v) is 7.93. The van der Waals surface area contributed by atoms with E-state index in [0.717, 1.165) is 5.56 Å². The zero-order valence-corrected chi connectivity index (χ0v) is 14.1. The molecule has 1 aliphatic heterocycles. The number of sulfonamides is 1. The van der Waals surface area contributed by atoms with Gasteiger partial charge in [-0.25, -0.2) is 13.1 Å². The number of nitrogens with zero attached hydrogens (tertiary/aromatic N) is 1. The van der Waals surface area contributed by atoms with Crippen LogP contribution in [0, 0.1) is 12.8 Å². The molecule has 130 valence electrons. The molecule has 1 N–H and O–H groups in total. The zero-order valence-electron chi connectivity index (χ0n) is 12.5. The monoisotopic (exact) mass is 370 g/mol. The van der Waals surface area contributed by atoms with Crippen LogP contribution in [0.2, 0.25) is 5.02 Å². The van der Waals surface area contributed by atoms with Gasteiger partial charge in [0, 0.05) is 13.1 Å². The third-order valence-corrected chi connectivity index (χ3v) is 5.62. The normalized spacial score (nSPS) is 20.1. The van der Waals surface area contributed by atoms with Crippen molar-refractivity contribution in [1.29, 1.82) is 0 Å². The van der Waals surface area contributed by atoms with Crippen LogP contribution < -0.4 is 4.72 Å². The van der Waals surface area contributed by atoms with Crippen molar-refractivity contribution in [3.8, 4) is 0 Å².